The van der Waals surface area contributed by atoms with Gasteiger partial charge in [-0.25, -0.2) is 4.98 Å². The van der Waals surface area contributed by atoms with E-state index in [1.807, 2.05) is 0 Å². The number of pyridine rings is 1. The van der Waals surface area contributed by atoms with Gasteiger partial charge >= 0.3 is 0 Å². The summed E-state index contributed by atoms with van der Waals surface area (Å²) in [7, 11) is 4.58. The van der Waals surface area contributed by atoms with Crippen molar-refractivity contribution in [1.82, 2.24) is 4.98 Å². The first-order valence-corrected chi connectivity index (χ1v) is 7.15. The highest BCUT2D eigenvalue weighted by Crippen LogP contribution is 2.38. The molecule has 1 aromatic heterocycles. The molecule has 0 saturated carbocycles. The molecule has 0 spiro atoms. The number of anilines is 1. The smallest absolute Gasteiger partial charge is 0.229 e. The molecule has 23 heavy (non-hydrogen) atoms. The number of hydrogen-bond donors (Lipinski definition) is 1. The monoisotopic (exact) mass is 336 g/mol. The molecule has 2 rings (SSSR count). The summed E-state index contributed by atoms with van der Waals surface area (Å²) in [6, 6.07) is 6.76. The molecular weight excluding hydrogens is 320 g/mol. The highest BCUT2D eigenvalue weighted by Gasteiger charge is 2.15. The van der Waals surface area contributed by atoms with Crippen molar-refractivity contribution < 1.29 is 19.0 Å². The number of hydrogen-bond acceptors (Lipinski definition) is 5. The van der Waals surface area contributed by atoms with Crippen LogP contribution in [0.4, 0.5) is 5.82 Å². The largest absolute Gasteiger partial charge is 0.493 e. The van der Waals surface area contributed by atoms with Crippen molar-refractivity contribution in [1.29, 1.82) is 0 Å². The van der Waals surface area contributed by atoms with Gasteiger partial charge in [-0.3, -0.25) is 4.79 Å². The average Bonchev–Trinajstić information content (AvgIpc) is 2.55. The second kappa shape index (κ2) is 7.69. The Bertz CT molecular complexity index is 664. The fraction of sp³-hybridized carbons (Fsp3) is 0.250. The maximum absolute atomic E-state index is 12.1. The fourth-order valence-corrected chi connectivity index (χ4v) is 2.17. The molecule has 7 heteroatoms. The lowest BCUT2D eigenvalue weighted by Crippen LogP contribution is -2.15. The van der Waals surface area contributed by atoms with Crippen LogP contribution in [0.1, 0.15) is 5.56 Å². The summed E-state index contributed by atoms with van der Waals surface area (Å²) < 4.78 is 15.8. The van der Waals surface area contributed by atoms with Crippen molar-refractivity contribution >= 4 is 23.3 Å². The van der Waals surface area contributed by atoms with E-state index in [0.717, 1.165) is 5.56 Å². The Balaban J connectivity index is 2.15. The number of amides is 1. The summed E-state index contributed by atoms with van der Waals surface area (Å²) in [5.74, 6) is 1.71. The highest BCUT2D eigenvalue weighted by atomic mass is 35.5. The molecule has 0 saturated heterocycles. The second-order valence-corrected chi connectivity index (χ2v) is 5.06. The van der Waals surface area contributed by atoms with E-state index in [-0.39, 0.29) is 12.3 Å². The molecule has 1 amide bonds. The molecule has 6 nitrogen and oxygen atoms in total. The molecule has 1 N–H and O–H groups in total. The van der Waals surface area contributed by atoms with Crippen molar-refractivity contribution in [3.05, 3.63) is 41.0 Å². The maximum atomic E-state index is 12.1. The van der Waals surface area contributed by atoms with E-state index in [0.29, 0.717) is 28.1 Å². The Labute approximate surface area is 139 Å². The van der Waals surface area contributed by atoms with Crippen LogP contribution in [0.25, 0.3) is 0 Å². The van der Waals surface area contributed by atoms with E-state index in [9.17, 15) is 4.79 Å². The molecule has 0 unspecified atom stereocenters. The van der Waals surface area contributed by atoms with E-state index in [2.05, 4.69) is 10.3 Å². The van der Waals surface area contributed by atoms with Crippen LogP contribution >= 0.6 is 11.6 Å². The van der Waals surface area contributed by atoms with Gasteiger partial charge in [-0.2, -0.15) is 0 Å². The van der Waals surface area contributed by atoms with E-state index < -0.39 is 0 Å². The van der Waals surface area contributed by atoms with Crippen LogP contribution in [0.2, 0.25) is 5.02 Å². The Morgan fingerprint density at radius 2 is 1.78 bits per heavy atom. The van der Waals surface area contributed by atoms with Gasteiger partial charge in [-0.05, 0) is 29.8 Å². The van der Waals surface area contributed by atoms with Gasteiger partial charge in [0.25, 0.3) is 0 Å². The zero-order valence-electron chi connectivity index (χ0n) is 13.1. The SMILES string of the molecule is COc1cc(CC(=O)Nc2ccc(Cl)cn2)cc(OC)c1OC. The number of carbonyl (C=O) groups is 1. The lowest BCUT2D eigenvalue weighted by atomic mass is 10.1. The molecule has 0 aliphatic carbocycles. The third-order valence-corrected chi connectivity index (χ3v) is 3.31. The molecule has 0 bridgehead atoms. The minimum atomic E-state index is -0.214. The number of ether oxygens (including phenoxy) is 3. The fourth-order valence-electron chi connectivity index (χ4n) is 2.06. The van der Waals surface area contributed by atoms with Crippen LogP contribution in [-0.4, -0.2) is 32.2 Å². The zero-order chi connectivity index (χ0) is 16.8. The number of aromatic nitrogens is 1. The Kier molecular flexibility index (Phi) is 5.65. The maximum Gasteiger partial charge on any atom is 0.229 e. The summed E-state index contributed by atoms with van der Waals surface area (Å²) in [6.45, 7) is 0. The number of nitrogens with zero attached hydrogens (tertiary/aromatic N) is 1. The van der Waals surface area contributed by atoms with E-state index >= 15 is 0 Å². The molecule has 0 radical (unpaired) electrons. The minimum Gasteiger partial charge on any atom is -0.493 e. The third kappa shape index (κ3) is 4.26. The molecule has 0 atom stereocenters. The van der Waals surface area contributed by atoms with Crippen LogP contribution in [-0.2, 0) is 11.2 Å². The van der Waals surface area contributed by atoms with Crippen molar-refractivity contribution in [3.8, 4) is 17.2 Å². The van der Waals surface area contributed by atoms with E-state index in [4.69, 9.17) is 25.8 Å². The number of nitrogens with one attached hydrogen (secondary N) is 1. The molecule has 0 aliphatic heterocycles. The van der Waals surface area contributed by atoms with Gasteiger partial charge in [0.15, 0.2) is 11.5 Å². The first-order chi connectivity index (χ1) is 11.1. The van der Waals surface area contributed by atoms with Gasteiger partial charge in [0.05, 0.1) is 32.8 Å². The zero-order valence-corrected chi connectivity index (χ0v) is 13.8. The van der Waals surface area contributed by atoms with Crippen molar-refractivity contribution in [2.75, 3.05) is 26.6 Å². The molecule has 0 fully saturated rings. The summed E-state index contributed by atoms with van der Waals surface area (Å²) in [4.78, 5) is 16.1. The number of benzene rings is 1. The number of halogens is 1. The molecule has 1 aromatic carbocycles. The summed E-state index contributed by atoms with van der Waals surface area (Å²) >= 11 is 5.76. The van der Waals surface area contributed by atoms with Crippen LogP contribution in [0.3, 0.4) is 0 Å². The Morgan fingerprint density at radius 3 is 2.26 bits per heavy atom. The highest BCUT2D eigenvalue weighted by molar-refractivity contribution is 6.30. The molecular formula is C16H17ClN2O4. The topological polar surface area (TPSA) is 69.7 Å². The minimum absolute atomic E-state index is 0.140. The lowest BCUT2D eigenvalue weighted by Gasteiger charge is -2.14. The summed E-state index contributed by atoms with van der Waals surface area (Å²) in [5, 5.41) is 3.21. The normalized spacial score (nSPS) is 10.1. The van der Waals surface area contributed by atoms with Crippen LogP contribution < -0.4 is 19.5 Å². The van der Waals surface area contributed by atoms with Crippen LogP contribution in [0.5, 0.6) is 17.2 Å². The molecule has 1 heterocycles. The van der Waals surface area contributed by atoms with Crippen LogP contribution in [0.15, 0.2) is 30.5 Å². The van der Waals surface area contributed by atoms with Crippen LogP contribution in [0, 0.1) is 0 Å². The number of carbonyl (C=O) groups excluding carboxylic acids is 1. The first-order valence-electron chi connectivity index (χ1n) is 6.77. The number of rotatable bonds is 6. The van der Waals surface area contributed by atoms with Gasteiger partial charge in [0.2, 0.25) is 11.7 Å². The van der Waals surface area contributed by atoms with Gasteiger partial charge in [-0.15, -0.1) is 0 Å². The van der Waals surface area contributed by atoms with Gasteiger partial charge in [-0.1, -0.05) is 11.6 Å². The Hall–Kier alpha value is -2.47. The van der Waals surface area contributed by atoms with Gasteiger partial charge in [0.1, 0.15) is 5.82 Å². The third-order valence-electron chi connectivity index (χ3n) is 3.08. The standard InChI is InChI=1S/C16H17ClN2O4/c1-21-12-6-10(7-13(22-2)16(12)23-3)8-15(20)19-14-5-4-11(17)9-18-14/h4-7,9H,8H2,1-3H3,(H,18,19,20). The van der Waals surface area contributed by atoms with E-state index in [1.165, 1.54) is 27.5 Å². The molecule has 2 aromatic rings. The van der Waals surface area contributed by atoms with Gasteiger partial charge < -0.3 is 19.5 Å². The summed E-state index contributed by atoms with van der Waals surface area (Å²) in [6.07, 6.45) is 1.61. The molecule has 0 aliphatic rings. The first kappa shape index (κ1) is 16.9. The summed E-state index contributed by atoms with van der Waals surface area (Å²) in [5.41, 5.74) is 0.728. The predicted molar refractivity (Wildman–Crippen MR) is 87.7 cm³/mol. The van der Waals surface area contributed by atoms with Crippen molar-refractivity contribution in [2.24, 2.45) is 0 Å². The van der Waals surface area contributed by atoms with Crippen molar-refractivity contribution in [2.45, 2.75) is 6.42 Å². The van der Waals surface area contributed by atoms with Crippen molar-refractivity contribution in [3.63, 3.8) is 0 Å². The number of methoxy groups -OCH3 is 3. The molecule has 122 valence electrons. The van der Waals surface area contributed by atoms with E-state index in [1.54, 1.807) is 24.3 Å². The lowest BCUT2D eigenvalue weighted by molar-refractivity contribution is -0.115. The Morgan fingerprint density at radius 1 is 1.13 bits per heavy atom. The van der Waals surface area contributed by atoms with Gasteiger partial charge in [0, 0.05) is 6.20 Å². The predicted octanol–water partition coefficient (Wildman–Crippen LogP) is 2.94. The second-order valence-electron chi connectivity index (χ2n) is 4.62. The average molecular weight is 337 g/mol. The quantitative estimate of drug-likeness (QED) is 0.878.